The van der Waals surface area contributed by atoms with Crippen LogP contribution < -0.4 is 5.73 Å². The van der Waals surface area contributed by atoms with Crippen LogP contribution in [0.25, 0.3) is 0 Å². The molecule has 1 unspecified atom stereocenters. The van der Waals surface area contributed by atoms with Crippen LogP contribution in [0.3, 0.4) is 0 Å². The Hall–Kier alpha value is -0.120. The Morgan fingerprint density at radius 1 is 1.38 bits per heavy atom. The predicted octanol–water partition coefficient (Wildman–Crippen LogP) is 4.43. The van der Waals surface area contributed by atoms with E-state index in [4.69, 9.17) is 17.3 Å². The maximum Gasteiger partial charge on any atom is 0.129 e. The molecule has 88 valence electrons. The molecule has 16 heavy (non-hydrogen) atoms. The second kappa shape index (κ2) is 5.03. The van der Waals surface area contributed by atoms with E-state index in [2.05, 4.69) is 15.9 Å². The third-order valence-corrected chi connectivity index (χ3v) is 4.50. The Morgan fingerprint density at radius 3 is 2.62 bits per heavy atom. The third-order valence-electron chi connectivity index (χ3n) is 3.31. The van der Waals surface area contributed by atoms with Crippen LogP contribution >= 0.6 is 27.5 Å². The molecule has 0 heterocycles. The molecule has 0 aliphatic heterocycles. The van der Waals surface area contributed by atoms with Gasteiger partial charge in [0.05, 0.1) is 5.02 Å². The summed E-state index contributed by atoms with van der Waals surface area (Å²) in [5.74, 6) is 0.127. The lowest BCUT2D eigenvalue weighted by Crippen LogP contribution is -2.20. The molecule has 1 nitrogen and oxygen atoms in total. The molecule has 2 N–H and O–H groups in total. The lowest BCUT2D eigenvalue weighted by Gasteiger charge is -2.20. The first-order valence-electron chi connectivity index (χ1n) is 5.49. The van der Waals surface area contributed by atoms with E-state index in [1.807, 2.05) is 0 Å². The number of hydrogen-bond donors (Lipinski definition) is 1. The maximum atomic E-state index is 13.8. The summed E-state index contributed by atoms with van der Waals surface area (Å²) in [5.41, 5.74) is 6.65. The summed E-state index contributed by atoms with van der Waals surface area (Å²) in [7, 11) is 0. The molecule has 4 heteroatoms. The molecule has 1 aliphatic rings. The SMILES string of the molecule is NC(c1cc(Cl)c(Br)cc1F)C1CCCC1. The van der Waals surface area contributed by atoms with Crippen molar-refractivity contribution in [3.05, 3.63) is 33.0 Å². The van der Waals surface area contributed by atoms with E-state index in [-0.39, 0.29) is 11.9 Å². The first-order chi connectivity index (χ1) is 7.59. The number of halogens is 3. The van der Waals surface area contributed by atoms with Gasteiger partial charge in [-0.25, -0.2) is 4.39 Å². The van der Waals surface area contributed by atoms with Gasteiger partial charge in [0, 0.05) is 16.1 Å². The van der Waals surface area contributed by atoms with E-state index in [1.165, 1.54) is 18.9 Å². The lowest BCUT2D eigenvalue weighted by molar-refractivity contribution is 0.429. The van der Waals surface area contributed by atoms with Crippen molar-refractivity contribution in [2.45, 2.75) is 31.7 Å². The van der Waals surface area contributed by atoms with Gasteiger partial charge >= 0.3 is 0 Å². The van der Waals surface area contributed by atoms with Crippen LogP contribution in [0.2, 0.25) is 5.02 Å². The Balaban J connectivity index is 2.28. The molecule has 0 bridgehead atoms. The second-order valence-corrected chi connectivity index (χ2v) is 5.62. The van der Waals surface area contributed by atoms with Gasteiger partial charge in [-0.15, -0.1) is 0 Å². The fourth-order valence-corrected chi connectivity index (χ4v) is 2.85. The second-order valence-electron chi connectivity index (χ2n) is 4.36. The fourth-order valence-electron chi connectivity index (χ4n) is 2.36. The van der Waals surface area contributed by atoms with Gasteiger partial charge in [0.1, 0.15) is 5.82 Å². The van der Waals surface area contributed by atoms with Crippen LogP contribution in [0.1, 0.15) is 37.3 Å². The molecule has 0 amide bonds. The number of hydrogen-bond acceptors (Lipinski definition) is 1. The van der Waals surface area contributed by atoms with Gasteiger partial charge in [0.25, 0.3) is 0 Å². The number of rotatable bonds is 2. The van der Waals surface area contributed by atoms with Crippen molar-refractivity contribution in [2.24, 2.45) is 11.7 Å². The minimum absolute atomic E-state index is 0.229. The van der Waals surface area contributed by atoms with E-state index in [0.29, 0.717) is 21.0 Å². The smallest absolute Gasteiger partial charge is 0.129 e. The van der Waals surface area contributed by atoms with E-state index in [9.17, 15) is 4.39 Å². The van der Waals surface area contributed by atoms with Crippen LogP contribution in [0.15, 0.2) is 16.6 Å². The van der Waals surface area contributed by atoms with Gasteiger partial charge in [0.15, 0.2) is 0 Å². The van der Waals surface area contributed by atoms with E-state index in [0.717, 1.165) is 12.8 Å². The minimum Gasteiger partial charge on any atom is -0.324 e. The van der Waals surface area contributed by atoms with Gasteiger partial charge < -0.3 is 5.73 Å². The molecule has 0 aromatic heterocycles. The van der Waals surface area contributed by atoms with Crippen LogP contribution in [-0.2, 0) is 0 Å². The third kappa shape index (κ3) is 2.41. The Morgan fingerprint density at radius 2 is 2.00 bits per heavy atom. The summed E-state index contributed by atoms with van der Waals surface area (Å²) < 4.78 is 14.3. The molecule has 1 aliphatic carbocycles. The standard InChI is InChI=1S/C12H14BrClFN/c13-9-6-11(15)8(5-10(9)14)12(16)7-3-1-2-4-7/h5-7,12H,1-4,16H2. The molecule has 1 fully saturated rings. The quantitative estimate of drug-likeness (QED) is 0.804. The summed E-state index contributed by atoms with van der Waals surface area (Å²) in [6.45, 7) is 0. The van der Waals surface area contributed by atoms with Crippen molar-refractivity contribution in [3.8, 4) is 0 Å². The van der Waals surface area contributed by atoms with Crippen molar-refractivity contribution >= 4 is 27.5 Å². The molecule has 2 rings (SSSR count). The molecule has 0 spiro atoms. The predicted molar refractivity (Wildman–Crippen MR) is 68.0 cm³/mol. The van der Waals surface area contributed by atoms with Crippen molar-refractivity contribution in [1.82, 2.24) is 0 Å². The number of benzene rings is 1. The Kier molecular flexibility index (Phi) is 3.88. The van der Waals surface area contributed by atoms with Crippen molar-refractivity contribution < 1.29 is 4.39 Å². The van der Waals surface area contributed by atoms with Crippen molar-refractivity contribution in [3.63, 3.8) is 0 Å². The topological polar surface area (TPSA) is 26.0 Å². The molecule has 1 saturated carbocycles. The van der Waals surface area contributed by atoms with E-state index >= 15 is 0 Å². The van der Waals surface area contributed by atoms with Gasteiger partial charge in [-0.05, 0) is 46.8 Å². The van der Waals surface area contributed by atoms with Gasteiger partial charge in [-0.2, -0.15) is 0 Å². The molecule has 1 atom stereocenters. The highest BCUT2D eigenvalue weighted by molar-refractivity contribution is 9.10. The Labute approximate surface area is 108 Å². The first-order valence-corrected chi connectivity index (χ1v) is 6.66. The number of nitrogens with two attached hydrogens (primary N) is 1. The maximum absolute atomic E-state index is 13.8. The average molecular weight is 307 g/mol. The largest absolute Gasteiger partial charge is 0.324 e. The summed E-state index contributed by atoms with van der Waals surface area (Å²) in [6.07, 6.45) is 4.58. The Bertz CT molecular complexity index is 391. The molecular formula is C12H14BrClFN. The zero-order valence-corrected chi connectivity index (χ0v) is 11.2. The first kappa shape index (κ1) is 12.3. The van der Waals surface area contributed by atoms with Crippen LogP contribution in [-0.4, -0.2) is 0 Å². The zero-order valence-electron chi connectivity index (χ0n) is 8.85. The highest BCUT2D eigenvalue weighted by Gasteiger charge is 2.25. The molecule has 0 radical (unpaired) electrons. The lowest BCUT2D eigenvalue weighted by atomic mass is 9.92. The summed E-state index contributed by atoms with van der Waals surface area (Å²) >= 11 is 9.17. The molecule has 1 aromatic carbocycles. The van der Waals surface area contributed by atoms with Crippen LogP contribution in [0.4, 0.5) is 4.39 Å². The minimum atomic E-state index is -0.268. The molecule has 1 aromatic rings. The van der Waals surface area contributed by atoms with Crippen molar-refractivity contribution in [1.29, 1.82) is 0 Å². The van der Waals surface area contributed by atoms with E-state index < -0.39 is 0 Å². The van der Waals surface area contributed by atoms with E-state index in [1.54, 1.807) is 6.07 Å². The summed E-state index contributed by atoms with van der Waals surface area (Å²) in [5, 5.41) is 0.518. The summed E-state index contributed by atoms with van der Waals surface area (Å²) in [6, 6.07) is 2.81. The monoisotopic (exact) mass is 305 g/mol. The van der Waals surface area contributed by atoms with Crippen molar-refractivity contribution in [2.75, 3.05) is 0 Å². The van der Waals surface area contributed by atoms with Gasteiger partial charge in [-0.1, -0.05) is 24.4 Å². The molecular weight excluding hydrogens is 292 g/mol. The fraction of sp³-hybridized carbons (Fsp3) is 0.500. The normalized spacial score (nSPS) is 19.0. The summed E-state index contributed by atoms with van der Waals surface area (Å²) in [4.78, 5) is 0. The van der Waals surface area contributed by atoms with Gasteiger partial charge in [-0.3, -0.25) is 0 Å². The van der Waals surface area contributed by atoms with Crippen LogP contribution in [0.5, 0.6) is 0 Å². The average Bonchev–Trinajstić information content (AvgIpc) is 2.75. The highest BCUT2D eigenvalue weighted by Crippen LogP contribution is 2.37. The molecule has 0 saturated heterocycles. The zero-order chi connectivity index (χ0) is 11.7. The highest BCUT2D eigenvalue weighted by atomic mass is 79.9. The van der Waals surface area contributed by atoms with Gasteiger partial charge in [0.2, 0.25) is 0 Å². The van der Waals surface area contributed by atoms with Crippen LogP contribution in [0, 0.1) is 11.7 Å².